The number of amides is 1. The molecule has 0 unspecified atom stereocenters. The van der Waals surface area contributed by atoms with Crippen LogP contribution in [-0.2, 0) is 4.79 Å². The Labute approximate surface area is 91.4 Å². The summed E-state index contributed by atoms with van der Waals surface area (Å²) in [5.41, 5.74) is 0. The highest BCUT2D eigenvalue weighted by atomic mass is 16.2. The summed E-state index contributed by atoms with van der Waals surface area (Å²) in [6.45, 7) is 3.19. The molecule has 15 heavy (non-hydrogen) atoms. The van der Waals surface area contributed by atoms with E-state index in [1.807, 2.05) is 0 Å². The molecule has 0 aromatic heterocycles. The van der Waals surface area contributed by atoms with Crippen molar-refractivity contribution in [1.29, 1.82) is 0 Å². The maximum atomic E-state index is 11.8. The maximum Gasteiger partial charge on any atom is 0.237 e. The van der Waals surface area contributed by atoms with Crippen LogP contribution in [0.25, 0.3) is 0 Å². The van der Waals surface area contributed by atoms with Gasteiger partial charge in [-0.25, -0.2) is 0 Å². The van der Waals surface area contributed by atoms with Crippen molar-refractivity contribution in [2.45, 2.75) is 37.8 Å². The fraction of sp³-hybridized carbons (Fsp3) is 0.909. The lowest BCUT2D eigenvalue weighted by molar-refractivity contribution is -0.123. The highest BCUT2D eigenvalue weighted by Crippen LogP contribution is 2.10. The molecule has 1 atom stereocenters. The predicted molar refractivity (Wildman–Crippen MR) is 59.7 cm³/mol. The molecule has 0 radical (unpaired) electrons. The van der Waals surface area contributed by atoms with Crippen LogP contribution in [0, 0.1) is 0 Å². The quantitative estimate of drug-likeness (QED) is 0.673. The van der Waals surface area contributed by atoms with Gasteiger partial charge in [0.2, 0.25) is 5.91 Å². The Hall–Kier alpha value is -0.610. The van der Waals surface area contributed by atoms with Gasteiger partial charge in [-0.1, -0.05) is 0 Å². The van der Waals surface area contributed by atoms with Crippen LogP contribution in [0.1, 0.15) is 25.7 Å². The topological polar surface area (TPSA) is 44.4 Å². The van der Waals surface area contributed by atoms with Crippen molar-refractivity contribution in [2.75, 3.05) is 26.7 Å². The normalized spacial score (nSPS) is 29.3. The van der Waals surface area contributed by atoms with E-state index in [1.165, 1.54) is 0 Å². The van der Waals surface area contributed by atoms with E-state index < -0.39 is 0 Å². The highest BCUT2D eigenvalue weighted by molar-refractivity contribution is 5.82. The van der Waals surface area contributed by atoms with Gasteiger partial charge in [-0.3, -0.25) is 4.79 Å². The van der Waals surface area contributed by atoms with Gasteiger partial charge in [-0.2, -0.15) is 0 Å². The van der Waals surface area contributed by atoms with E-state index in [4.69, 9.17) is 0 Å². The first kappa shape index (κ1) is 10.9. The van der Waals surface area contributed by atoms with Gasteiger partial charge in [0.1, 0.15) is 0 Å². The molecule has 0 aromatic rings. The maximum absolute atomic E-state index is 11.8. The van der Waals surface area contributed by atoms with Crippen LogP contribution in [0.3, 0.4) is 0 Å². The first-order chi connectivity index (χ1) is 7.25. The smallest absolute Gasteiger partial charge is 0.237 e. The van der Waals surface area contributed by atoms with Crippen molar-refractivity contribution in [3.8, 4) is 0 Å². The second-order valence-electron chi connectivity index (χ2n) is 4.74. The van der Waals surface area contributed by atoms with Crippen molar-refractivity contribution < 1.29 is 4.79 Å². The molecule has 0 spiro atoms. The van der Waals surface area contributed by atoms with Gasteiger partial charge in [0.15, 0.2) is 0 Å². The molecule has 2 saturated heterocycles. The summed E-state index contributed by atoms with van der Waals surface area (Å²) in [6.07, 6.45) is 4.31. The number of piperidine rings is 1. The van der Waals surface area contributed by atoms with Gasteiger partial charge >= 0.3 is 0 Å². The van der Waals surface area contributed by atoms with Gasteiger partial charge in [0.05, 0.1) is 6.04 Å². The van der Waals surface area contributed by atoms with Crippen molar-refractivity contribution in [2.24, 2.45) is 0 Å². The number of carbonyl (C=O) groups is 1. The molecule has 2 fully saturated rings. The van der Waals surface area contributed by atoms with Crippen LogP contribution >= 0.6 is 0 Å². The van der Waals surface area contributed by atoms with Gasteiger partial charge in [0, 0.05) is 6.04 Å². The number of rotatable bonds is 2. The van der Waals surface area contributed by atoms with E-state index >= 15 is 0 Å². The van der Waals surface area contributed by atoms with E-state index in [-0.39, 0.29) is 11.9 Å². The minimum Gasteiger partial charge on any atom is -0.352 e. The van der Waals surface area contributed by atoms with E-state index in [9.17, 15) is 4.79 Å². The molecule has 2 aliphatic rings. The van der Waals surface area contributed by atoms with Crippen LogP contribution in [0.2, 0.25) is 0 Å². The van der Waals surface area contributed by atoms with E-state index in [0.29, 0.717) is 6.04 Å². The zero-order valence-corrected chi connectivity index (χ0v) is 9.46. The average molecular weight is 211 g/mol. The van der Waals surface area contributed by atoms with Crippen molar-refractivity contribution in [3.63, 3.8) is 0 Å². The third kappa shape index (κ3) is 2.92. The van der Waals surface area contributed by atoms with Crippen LogP contribution in [-0.4, -0.2) is 49.6 Å². The molecule has 2 aliphatic heterocycles. The minimum atomic E-state index is 0.0738. The van der Waals surface area contributed by atoms with Crippen molar-refractivity contribution >= 4 is 5.91 Å². The van der Waals surface area contributed by atoms with Gasteiger partial charge in [0.25, 0.3) is 0 Å². The summed E-state index contributed by atoms with van der Waals surface area (Å²) >= 11 is 0. The summed E-state index contributed by atoms with van der Waals surface area (Å²) in [4.78, 5) is 14.1. The molecule has 4 heteroatoms. The average Bonchev–Trinajstić information content (AvgIpc) is 2.74. The van der Waals surface area contributed by atoms with Crippen molar-refractivity contribution in [1.82, 2.24) is 15.5 Å². The molecular weight excluding hydrogens is 190 g/mol. The molecule has 0 aliphatic carbocycles. The summed E-state index contributed by atoms with van der Waals surface area (Å²) in [6, 6.07) is 0.473. The Kier molecular flexibility index (Phi) is 3.59. The molecule has 2 N–H and O–H groups in total. The second kappa shape index (κ2) is 4.94. The fourth-order valence-corrected chi connectivity index (χ4v) is 2.36. The first-order valence-corrected chi connectivity index (χ1v) is 5.98. The molecule has 2 rings (SSSR count). The molecule has 0 aromatic carbocycles. The first-order valence-electron chi connectivity index (χ1n) is 5.98. The lowest BCUT2D eigenvalue weighted by atomic mass is 10.0. The molecule has 0 bridgehead atoms. The van der Waals surface area contributed by atoms with Crippen LogP contribution in [0.15, 0.2) is 0 Å². The van der Waals surface area contributed by atoms with Crippen LogP contribution in [0.4, 0.5) is 0 Å². The number of nitrogens with zero attached hydrogens (tertiary/aromatic N) is 1. The Balaban J connectivity index is 1.74. The molecular formula is C11H21N3O. The van der Waals surface area contributed by atoms with Crippen LogP contribution < -0.4 is 10.6 Å². The third-order valence-corrected chi connectivity index (χ3v) is 3.44. The number of nitrogens with one attached hydrogen (secondary N) is 2. The number of carbonyl (C=O) groups excluding carboxylic acids is 1. The Morgan fingerprint density at radius 1 is 1.33 bits per heavy atom. The molecule has 86 valence electrons. The largest absolute Gasteiger partial charge is 0.352 e. The summed E-state index contributed by atoms with van der Waals surface area (Å²) < 4.78 is 0. The molecule has 1 amide bonds. The minimum absolute atomic E-state index is 0.0738. The lowest BCUT2D eigenvalue weighted by Crippen LogP contribution is -2.48. The summed E-state index contributed by atoms with van der Waals surface area (Å²) in [5.74, 6) is 0.210. The second-order valence-corrected chi connectivity index (χ2v) is 4.74. The standard InChI is InChI=1S/C11H21N3O/c1-14-7-4-9(5-8-14)13-11(15)10-3-2-6-12-10/h9-10,12H,2-8H2,1H3,(H,13,15)/t10-/m0/s1. The number of hydrogen-bond acceptors (Lipinski definition) is 3. The SMILES string of the molecule is CN1CCC(NC(=O)[C@@H]2CCCN2)CC1. The van der Waals surface area contributed by atoms with E-state index in [1.54, 1.807) is 0 Å². The fourth-order valence-electron chi connectivity index (χ4n) is 2.36. The third-order valence-electron chi connectivity index (χ3n) is 3.44. The van der Waals surface area contributed by atoms with Gasteiger partial charge in [-0.15, -0.1) is 0 Å². The molecule has 0 saturated carbocycles. The Bertz CT molecular complexity index is 218. The molecule has 4 nitrogen and oxygen atoms in total. The summed E-state index contributed by atoms with van der Waals surface area (Å²) in [7, 11) is 2.14. The monoisotopic (exact) mass is 211 g/mol. The zero-order chi connectivity index (χ0) is 10.7. The Morgan fingerprint density at radius 2 is 2.07 bits per heavy atom. The van der Waals surface area contributed by atoms with E-state index in [2.05, 4.69) is 22.6 Å². The predicted octanol–water partition coefficient (Wildman–Crippen LogP) is -0.0512. The van der Waals surface area contributed by atoms with Crippen molar-refractivity contribution in [3.05, 3.63) is 0 Å². The zero-order valence-electron chi connectivity index (χ0n) is 9.46. The number of likely N-dealkylation sites (tertiary alicyclic amines) is 1. The van der Waals surface area contributed by atoms with Gasteiger partial charge < -0.3 is 15.5 Å². The highest BCUT2D eigenvalue weighted by Gasteiger charge is 2.25. The number of hydrogen-bond donors (Lipinski definition) is 2. The lowest BCUT2D eigenvalue weighted by Gasteiger charge is -2.30. The Morgan fingerprint density at radius 3 is 2.67 bits per heavy atom. The molecule has 2 heterocycles. The summed E-state index contributed by atoms with van der Waals surface area (Å²) in [5, 5.41) is 6.39. The van der Waals surface area contributed by atoms with Gasteiger partial charge in [-0.05, 0) is 52.4 Å². The van der Waals surface area contributed by atoms with E-state index in [0.717, 1.165) is 45.3 Å². The van der Waals surface area contributed by atoms with Crippen LogP contribution in [0.5, 0.6) is 0 Å².